The maximum atomic E-state index is 4.14. The second kappa shape index (κ2) is 37.5. The molecular weight excluding hydrogens is 1240 g/mol. The van der Waals surface area contributed by atoms with Crippen molar-refractivity contribution in [2.75, 3.05) is 0 Å². The predicted octanol–water partition coefficient (Wildman–Crippen LogP) is 16.3. The van der Waals surface area contributed by atoms with Crippen molar-refractivity contribution in [2.45, 2.75) is 0 Å². The number of hydrogen-bond donors (Lipinski definition) is 0. The molecule has 0 atom stereocenters. The fraction of sp³-hybridized carbons (Fsp3) is 0. The van der Waals surface area contributed by atoms with E-state index in [1.54, 1.807) is 118 Å². The van der Waals surface area contributed by atoms with E-state index in [4.69, 9.17) is 0 Å². The molecule has 0 fully saturated rings. The highest BCUT2D eigenvalue weighted by atomic mass is 15.1. The number of pyridine rings is 12. The Kier molecular flexibility index (Phi) is 25.1. The van der Waals surface area contributed by atoms with Gasteiger partial charge < -0.3 is 0 Å². The van der Waals surface area contributed by atoms with Crippen LogP contribution in [0.4, 0.5) is 0 Å². The molecule has 16 aromatic heterocycles. The van der Waals surface area contributed by atoms with Crippen molar-refractivity contribution in [3.05, 3.63) is 367 Å². The fourth-order valence-corrected chi connectivity index (χ4v) is 9.19. The van der Waals surface area contributed by atoms with Gasteiger partial charge in [-0.05, 0) is 139 Å². The van der Waals surface area contributed by atoms with Crippen LogP contribution in [0.2, 0.25) is 0 Å². The Labute approximate surface area is 573 Å². The van der Waals surface area contributed by atoms with E-state index < -0.39 is 0 Å². The first-order valence-corrected chi connectivity index (χ1v) is 31.2. The highest BCUT2D eigenvalue weighted by molar-refractivity contribution is 5.83. The third kappa shape index (κ3) is 20.8. The molecule has 0 aliphatic rings. The molecule has 0 aliphatic carbocycles. The fourth-order valence-electron chi connectivity index (χ4n) is 9.19. The van der Waals surface area contributed by atoms with Crippen molar-refractivity contribution in [3.8, 4) is 0 Å². The van der Waals surface area contributed by atoms with E-state index in [0.29, 0.717) is 0 Å². The van der Waals surface area contributed by atoms with Crippen LogP contribution in [0.1, 0.15) is 0 Å². The lowest BCUT2D eigenvalue weighted by Gasteiger charge is -1.91. The molecule has 0 radical (unpaired) electrons. The first-order valence-electron chi connectivity index (χ1n) is 31.2. The van der Waals surface area contributed by atoms with Crippen LogP contribution < -0.4 is 0 Å². The van der Waals surface area contributed by atoms with Crippen molar-refractivity contribution in [1.29, 1.82) is 0 Å². The summed E-state index contributed by atoms with van der Waals surface area (Å²) in [6.45, 7) is 0. The second-order valence-corrected chi connectivity index (χ2v) is 20.8. The van der Waals surface area contributed by atoms with Gasteiger partial charge in [0.05, 0.1) is 68.9 Å². The zero-order chi connectivity index (χ0) is 68.1. The first-order chi connectivity index (χ1) is 49.7. The SMILES string of the molecule is c1cc2ccncc2cn1.c1cc2cnccc2cn1.c1ccc2cnncc2c1.c1ccc2nccnc2c1.c1ccc2ncncc2c1.c1ccc2nnccc2c1.c1cnc2cccnc2c1.c1cnc2ccncc2c1.c1cnc2cnccc2c1.c1cnc2ncccc2c1. The Hall–Kier alpha value is -14.4. The third-order valence-corrected chi connectivity index (χ3v) is 14.1. The molecule has 0 saturated carbocycles. The van der Waals surface area contributed by atoms with Crippen molar-refractivity contribution in [2.24, 2.45) is 0 Å². The number of hydrogen-bond acceptors (Lipinski definition) is 20. The average molecular weight is 1300 g/mol. The van der Waals surface area contributed by atoms with Crippen molar-refractivity contribution in [3.63, 3.8) is 0 Å². The molecule has 100 heavy (non-hydrogen) atoms. The molecule has 20 nitrogen and oxygen atoms in total. The van der Waals surface area contributed by atoms with Gasteiger partial charge in [-0.2, -0.15) is 20.4 Å². The van der Waals surface area contributed by atoms with Crippen LogP contribution in [0, 0.1) is 0 Å². The van der Waals surface area contributed by atoms with Crippen molar-refractivity contribution in [1.82, 2.24) is 100 Å². The lowest BCUT2D eigenvalue weighted by atomic mass is 10.2. The van der Waals surface area contributed by atoms with Crippen LogP contribution in [0.5, 0.6) is 0 Å². The third-order valence-electron chi connectivity index (χ3n) is 14.1. The minimum atomic E-state index is 0.810. The first kappa shape index (κ1) is 67.0. The van der Waals surface area contributed by atoms with E-state index in [0.717, 1.165) is 104 Å². The van der Waals surface area contributed by atoms with Crippen LogP contribution in [0.15, 0.2) is 367 Å². The van der Waals surface area contributed by atoms with Crippen molar-refractivity contribution >= 4 is 109 Å². The minimum Gasteiger partial charge on any atom is -0.264 e. The molecule has 0 unspecified atom stereocenters. The van der Waals surface area contributed by atoms with Gasteiger partial charge >= 0.3 is 0 Å². The molecule has 0 spiro atoms. The van der Waals surface area contributed by atoms with E-state index in [-0.39, 0.29) is 0 Å². The van der Waals surface area contributed by atoms with Gasteiger partial charge in [-0.3, -0.25) is 59.8 Å². The molecule has 4 aromatic carbocycles. The summed E-state index contributed by atoms with van der Waals surface area (Å²) < 4.78 is 0. The normalized spacial score (nSPS) is 10.0. The van der Waals surface area contributed by atoms with Gasteiger partial charge in [-0.25, -0.2) is 19.9 Å². The molecule has 0 saturated heterocycles. The van der Waals surface area contributed by atoms with Gasteiger partial charge in [0.1, 0.15) is 6.33 Å². The van der Waals surface area contributed by atoms with Gasteiger partial charge in [-0.1, -0.05) is 78.9 Å². The monoisotopic (exact) mass is 1300 g/mol. The average Bonchev–Trinajstić information content (AvgIpc) is 3.39. The number of fused-ring (bicyclic) bond motifs is 10. The molecule has 0 bridgehead atoms. The Morgan fingerprint density at radius 1 is 0.150 bits per heavy atom. The Balaban J connectivity index is 0.000000112. The maximum Gasteiger partial charge on any atom is 0.159 e. The van der Waals surface area contributed by atoms with Gasteiger partial charge in [0.2, 0.25) is 0 Å². The number of rotatable bonds is 0. The van der Waals surface area contributed by atoms with E-state index in [1.807, 2.05) is 250 Å². The second-order valence-electron chi connectivity index (χ2n) is 20.8. The summed E-state index contributed by atoms with van der Waals surface area (Å²) in [5, 5.41) is 27.6. The van der Waals surface area contributed by atoms with Crippen LogP contribution in [-0.4, -0.2) is 100 Å². The summed E-state index contributed by atoms with van der Waals surface area (Å²) in [5.74, 6) is 0. The van der Waals surface area contributed by atoms with Crippen LogP contribution in [-0.2, 0) is 0 Å². The molecule has 16 heterocycles. The summed E-state index contributed by atoms with van der Waals surface area (Å²) in [6, 6.07) is 68.6. The van der Waals surface area contributed by atoms with Gasteiger partial charge in [0.15, 0.2) is 5.65 Å². The smallest absolute Gasteiger partial charge is 0.159 e. The van der Waals surface area contributed by atoms with Crippen LogP contribution in [0.25, 0.3) is 109 Å². The van der Waals surface area contributed by atoms with E-state index in [2.05, 4.69) is 100 Å². The van der Waals surface area contributed by atoms with E-state index in [1.165, 1.54) is 5.39 Å². The Morgan fingerprint density at radius 2 is 0.480 bits per heavy atom. The number of aromatic nitrogens is 20. The summed E-state index contributed by atoms with van der Waals surface area (Å²) in [7, 11) is 0. The number of para-hydroxylation sites is 3. The maximum absolute atomic E-state index is 4.14. The number of benzene rings is 4. The van der Waals surface area contributed by atoms with Gasteiger partial charge in [-0.15, -0.1) is 0 Å². The molecular formula is C80H60N20. The molecule has 480 valence electrons. The lowest BCUT2D eigenvalue weighted by Crippen LogP contribution is -1.79. The topological polar surface area (TPSA) is 258 Å². The Morgan fingerprint density at radius 3 is 1.01 bits per heavy atom. The van der Waals surface area contributed by atoms with Gasteiger partial charge in [0.25, 0.3) is 0 Å². The summed E-state index contributed by atoms with van der Waals surface area (Å²) in [6.07, 6.45) is 44.0. The molecule has 20 rings (SSSR count). The quantitative estimate of drug-likeness (QED) is 0.137. The van der Waals surface area contributed by atoms with E-state index >= 15 is 0 Å². The number of nitrogens with zero attached hydrogens (tertiary/aromatic N) is 20. The summed E-state index contributed by atoms with van der Waals surface area (Å²) in [4.78, 5) is 64.7. The molecule has 0 amide bonds. The predicted molar refractivity (Wildman–Crippen MR) is 395 cm³/mol. The molecule has 0 N–H and O–H groups in total. The van der Waals surface area contributed by atoms with Crippen LogP contribution >= 0.6 is 0 Å². The van der Waals surface area contributed by atoms with E-state index in [9.17, 15) is 0 Å². The zero-order valence-corrected chi connectivity index (χ0v) is 53.6. The molecule has 20 heteroatoms. The highest BCUT2D eigenvalue weighted by Gasteiger charge is 1.95. The standard InChI is InChI=1S/10C8H6N2/c1-3-9-6-8-2-4-10-5-7(1)8;1-3-9-5-8-6-10-4-2-7(1)8;1-3-7-8(9-5-1)4-2-6-10-7;1-3-7-4-2-6-10-8(7)9-5-1;1-2-7-6-9-5-3-8(7)10-4-1;1-2-7-3-5-9-6-8(7)10-4-1;1-2-4-8-7(3-1)5-9-6-10-8;1-2-4-8-6-10-9-5-7(8)3-1;1-2-4-8-7(3-1)9-5-6-10-8;1-2-4-8-7(3-1)5-6-9-10-8/h10*1-6H. The van der Waals surface area contributed by atoms with Crippen LogP contribution in [0.3, 0.4) is 0 Å². The minimum absolute atomic E-state index is 0.810. The summed E-state index contributed by atoms with van der Waals surface area (Å²) in [5.41, 5.74) is 8.50. The largest absolute Gasteiger partial charge is 0.264 e. The summed E-state index contributed by atoms with van der Waals surface area (Å²) >= 11 is 0. The van der Waals surface area contributed by atoms with Crippen molar-refractivity contribution < 1.29 is 0 Å². The molecule has 0 aliphatic heterocycles. The zero-order valence-electron chi connectivity index (χ0n) is 53.6. The highest BCUT2D eigenvalue weighted by Crippen LogP contribution is 2.14. The molecule has 20 aromatic rings. The Bertz CT molecular complexity index is 3970. The van der Waals surface area contributed by atoms with Gasteiger partial charge in [0, 0.05) is 178 Å². The lowest BCUT2D eigenvalue weighted by molar-refractivity contribution is 1.05.